The van der Waals surface area contributed by atoms with E-state index < -0.39 is 9.84 Å². The van der Waals surface area contributed by atoms with Crippen LogP contribution in [0, 0.1) is 5.92 Å². The molecule has 1 aliphatic rings. The first-order chi connectivity index (χ1) is 15.8. The third-order valence-corrected chi connectivity index (χ3v) is 7.69. The van der Waals surface area contributed by atoms with Crippen LogP contribution in [0.3, 0.4) is 0 Å². The molecule has 8 heteroatoms. The van der Waals surface area contributed by atoms with Gasteiger partial charge in [0.1, 0.15) is 0 Å². The number of hydrogen-bond donors (Lipinski definition) is 0. The van der Waals surface area contributed by atoms with Gasteiger partial charge in [0.25, 0.3) is 5.91 Å². The van der Waals surface area contributed by atoms with E-state index in [9.17, 15) is 13.2 Å². The van der Waals surface area contributed by atoms with E-state index in [4.69, 9.17) is 11.6 Å². The highest BCUT2D eigenvalue weighted by atomic mass is 35.5. The second-order valence-electron chi connectivity index (χ2n) is 8.84. The molecule has 0 radical (unpaired) electrons. The van der Waals surface area contributed by atoms with Crippen molar-refractivity contribution in [1.82, 2.24) is 14.5 Å². The smallest absolute Gasteiger partial charge is 0.254 e. The lowest BCUT2D eigenvalue weighted by atomic mass is 10.2. The minimum atomic E-state index is -3.75. The van der Waals surface area contributed by atoms with Crippen molar-refractivity contribution in [1.29, 1.82) is 0 Å². The van der Waals surface area contributed by atoms with Crippen molar-refractivity contribution in [2.75, 3.05) is 6.54 Å². The summed E-state index contributed by atoms with van der Waals surface area (Å²) in [5.74, 6) is 0.209. The summed E-state index contributed by atoms with van der Waals surface area (Å²) in [5.41, 5.74) is 1.86. The Bertz CT molecular complexity index is 1230. The number of carbonyl (C=O) groups is 1. The van der Waals surface area contributed by atoms with Crippen LogP contribution in [0.1, 0.15) is 54.3 Å². The van der Waals surface area contributed by atoms with Crippen molar-refractivity contribution in [3.05, 3.63) is 82.6 Å². The monoisotopic (exact) mass is 485 g/mol. The van der Waals surface area contributed by atoms with E-state index in [1.54, 1.807) is 35.0 Å². The van der Waals surface area contributed by atoms with E-state index in [0.717, 1.165) is 12.8 Å². The molecule has 1 fully saturated rings. The average Bonchev–Trinajstić information content (AvgIpc) is 3.50. The fraction of sp³-hybridized carbons (Fsp3) is 0.360. The van der Waals surface area contributed by atoms with Crippen molar-refractivity contribution in [2.24, 2.45) is 5.92 Å². The number of benzene rings is 2. The van der Waals surface area contributed by atoms with E-state index in [2.05, 4.69) is 4.98 Å². The minimum absolute atomic E-state index is 0.00551. The summed E-state index contributed by atoms with van der Waals surface area (Å²) in [6.45, 7) is 4.80. The number of carbonyl (C=O) groups excluding carboxylic acids is 1. The summed E-state index contributed by atoms with van der Waals surface area (Å²) in [5, 5.41) is 0.416. The van der Waals surface area contributed by atoms with Crippen molar-refractivity contribution in [2.45, 2.75) is 50.2 Å². The molecule has 0 bridgehead atoms. The molecule has 0 saturated heterocycles. The molecule has 1 aromatic heterocycles. The van der Waals surface area contributed by atoms with Gasteiger partial charge in [-0.1, -0.05) is 48.0 Å². The Labute approximate surface area is 200 Å². The molecule has 0 unspecified atom stereocenters. The average molecular weight is 486 g/mol. The molecule has 1 amide bonds. The molecule has 33 heavy (non-hydrogen) atoms. The van der Waals surface area contributed by atoms with Gasteiger partial charge in [0.15, 0.2) is 0 Å². The maximum Gasteiger partial charge on any atom is 0.254 e. The number of aromatic nitrogens is 2. The van der Waals surface area contributed by atoms with Gasteiger partial charge >= 0.3 is 0 Å². The van der Waals surface area contributed by atoms with Crippen LogP contribution >= 0.6 is 11.6 Å². The first-order valence-electron chi connectivity index (χ1n) is 11.1. The molecule has 1 saturated carbocycles. The molecule has 0 spiro atoms. The van der Waals surface area contributed by atoms with Crippen LogP contribution in [0.15, 0.2) is 66.0 Å². The number of sulfone groups is 1. The lowest BCUT2D eigenvalue weighted by Gasteiger charge is -2.25. The second kappa shape index (κ2) is 9.69. The molecule has 0 N–H and O–H groups in total. The van der Waals surface area contributed by atoms with Crippen molar-refractivity contribution in [3.63, 3.8) is 0 Å². The zero-order valence-electron chi connectivity index (χ0n) is 18.8. The molecule has 174 valence electrons. The lowest BCUT2D eigenvalue weighted by molar-refractivity contribution is 0.0730. The molecule has 6 nitrogen and oxygen atoms in total. The summed E-state index contributed by atoms with van der Waals surface area (Å²) in [7, 11) is -3.75. The van der Waals surface area contributed by atoms with Crippen LogP contribution in [0.2, 0.25) is 5.02 Å². The molecule has 1 heterocycles. The summed E-state index contributed by atoms with van der Waals surface area (Å²) in [6.07, 6.45) is 3.80. The van der Waals surface area contributed by atoms with Gasteiger partial charge in [0, 0.05) is 23.2 Å². The van der Waals surface area contributed by atoms with Gasteiger partial charge in [0.05, 0.1) is 24.2 Å². The number of nitrogens with zero attached hydrogens (tertiary/aromatic N) is 3. The number of imidazole rings is 1. The predicted octanol–water partition coefficient (Wildman–Crippen LogP) is 5.14. The minimum Gasteiger partial charge on any atom is -0.332 e. The van der Waals surface area contributed by atoms with Gasteiger partial charge < -0.3 is 9.47 Å². The van der Waals surface area contributed by atoms with Crippen LogP contribution in [0.5, 0.6) is 0 Å². The fourth-order valence-electron chi connectivity index (χ4n) is 3.95. The van der Waals surface area contributed by atoms with E-state index >= 15 is 0 Å². The van der Waals surface area contributed by atoms with Crippen LogP contribution < -0.4 is 0 Å². The second-order valence-corrected chi connectivity index (χ2v) is 11.1. The lowest BCUT2D eigenvalue weighted by Crippen LogP contribution is -2.33. The highest BCUT2D eigenvalue weighted by molar-refractivity contribution is 7.90. The first-order valence-corrected chi connectivity index (χ1v) is 13.2. The largest absolute Gasteiger partial charge is 0.332 e. The van der Waals surface area contributed by atoms with Crippen molar-refractivity contribution < 1.29 is 13.2 Å². The Morgan fingerprint density at radius 1 is 1.12 bits per heavy atom. The van der Waals surface area contributed by atoms with Crippen molar-refractivity contribution >= 4 is 27.3 Å². The Morgan fingerprint density at radius 2 is 1.79 bits per heavy atom. The molecule has 4 rings (SSSR count). The van der Waals surface area contributed by atoms with Gasteiger partial charge in [-0.2, -0.15) is 0 Å². The molecule has 1 aliphatic carbocycles. The summed E-state index contributed by atoms with van der Waals surface area (Å²) < 4.78 is 28.3. The third-order valence-electron chi connectivity index (χ3n) is 5.77. The van der Waals surface area contributed by atoms with Crippen LogP contribution in [0.25, 0.3) is 0 Å². The Hall–Kier alpha value is -2.64. The van der Waals surface area contributed by atoms with E-state index in [-0.39, 0.29) is 22.9 Å². The first kappa shape index (κ1) is 23.5. The topological polar surface area (TPSA) is 72.3 Å². The molecular formula is C25H28ClN3O3S. The fourth-order valence-corrected chi connectivity index (χ4v) is 5.86. The van der Waals surface area contributed by atoms with Gasteiger partial charge in [0.2, 0.25) is 15.0 Å². The Kier molecular flexibility index (Phi) is 6.91. The highest BCUT2D eigenvalue weighted by Crippen LogP contribution is 2.31. The van der Waals surface area contributed by atoms with Gasteiger partial charge in [-0.15, -0.1) is 0 Å². The number of amides is 1. The van der Waals surface area contributed by atoms with Gasteiger partial charge in [-0.05, 0) is 56.4 Å². The molecule has 0 atom stereocenters. The predicted molar refractivity (Wildman–Crippen MR) is 129 cm³/mol. The van der Waals surface area contributed by atoms with Crippen LogP contribution in [0.4, 0.5) is 0 Å². The number of hydrogen-bond acceptors (Lipinski definition) is 4. The quantitative estimate of drug-likeness (QED) is 0.420. The number of rotatable bonds is 9. The van der Waals surface area contributed by atoms with E-state index in [1.165, 1.54) is 0 Å². The molecule has 3 aromatic rings. The van der Waals surface area contributed by atoms with Crippen LogP contribution in [-0.4, -0.2) is 35.3 Å². The van der Waals surface area contributed by atoms with E-state index in [1.807, 2.05) is 49.1 Å². The molecular weight excluding hydrogens is 458 g/mol. The zero-order chi connectivity index (χ0) is 23.6. The standard InChI is InChI=1S/C25H28ClN3O3S/c1-18(2)29-22(14-27-25(29)33(31,32)17-21-10-6-7-11-23(21)26)16-28(15-19-12-13-19)24(30)20-8-4-3-5-9-20/h3-11,14,18-19H,12-13,15-17H2,1-2H3. The maximum atomic E-state index is 13.3. The van der Waals surface area contributed by atoms with Crippen molar-refractivity contribution in [3.8, 4) is 0 Å². The highest BCUT2D eigenvalue weighted by Gasteiger charge is 2.30. The molecule has 0 aliphatic heterocycles. The Balaban J connectivity index is 1.65. The Morgan fingerprint density at radius 3 is 2.42 bits per heavy atom. The summed E-state index contributed by atoms with van der Waals surface area (Å²) >= 11 is 6.21. The van der Waals surface area contributed by atoms with Gasteiger partial charge in [-0.3, -0.25) is 4.79 Å². The summed E-state index contributed by atoms with van der Waals surface area (Å²) in [4.78, 5) is 19.4. The SMILES string of the molecule is CC(C)n1c(CN(CC2CC2)C(=O)c2ccccc2)cnc1S(=O)(=O)Cc1ccccc1Cl. The van der Waals surface area contributed by atoms with Crippen LogP contribution in [-0.2, 0) is 22.1 Å². The van der Waals surface area contributed by atoms with E-state index in [0.29, 0.717) is 40.9 Å². The number of halogens is 1. The van der Waals surface area contributed by atoms with Gasteiger partial charge in [-0.25, -0.2) is 13.4 Å². The molecule has 2 aromatic carbocycles. The normalized spacial score (nSPS) is 13.9. The third kappa shape index (κ3) is 5.47. The zero-order valence-corrected chi connectivity index (χ0v) is 20.4. The summed E-state index contributed by atoms with van der Waals surface area (Å²) in [6, 6.07) is 16.0. The maximum absolute atomic E-state index is 13.3.